The van der Waals surface area contributed by atoms with Gasteiger partial charge in [-0.25, -0.2) is 0 Å². The molecule has 3 rings (SSSR count). The molecule has 0 aromatic heterocycles. The van der Waals surface area contributed by atoms with Gasteiger partial charge in [-0.2, -0.15) is 0 Å². The van der Waals surface area contributed by atoms with Crippen LogP contribution in [0.3, 0.4) is 0 Å². The van der Waals surface area contributed by atoms with Crippen molar-refractivity contribution in [2.24, 2.45) is 0 Å². The van der Waals surface area contributed by atoms with E-state index < -0.39 is 0 Å². The molecule has 2 aliphatic heterocycles. The van der Waals surface area contributed by atoms with Crippen LogP contribution in [0.5, 0.6) is 11.5 Å². The first-order valence-corrected chi connectivity index (χ1v) is 8.18. The molecule has 6 nitrogen and oxygen atoms in total. The Hall–Kier alpha value is -2.50. The van der Waals surface area contributed by atoms with Crippen LogP contribution in [0.25, 0.3) is 0 Å². The van der Waals surface area contributed by atoms with E-state index in [-0.39, 0.29) is 24.6 Å². The first-order chi connectivity index (χ1) is 11.6. The van der Waals surface area contributed by atoms with Gasteiger partial charge < -0.3 is 19.3 Å². The average Bonchev–Trinajstić information content (AvgIpc) is 3.06. The van der Waals surface area contributed by atoms with Crippen LogP contribution in [0, 0.1) is 0 Å². The standard InChI is InChI=1S/C18H22N2O4/c1-3-17(21)19-8-9-20(13(2)11-19)18(22)7-5-14-4-6-15-16(10-14)24-12-23-15/h3-4,6,10,13H,1,5,7-9,11-12H2,2H3/t13-/m0/s1. The van der Waals surface area contributed by atoms with E-state index in [1.54, 1.807) is 4.90 Å². The number of fused-ring (bicyclic) bond motifs is 1. The molecular formula is C18H22N2O4. The molecule has 0 radical (unpaired) electrons. The minimum atomic E-state index is -0.0747. The third-order valence-corrected chi connectivity index (χ3v) is 4.50. The molecule has 1 atom stereocenters. The molecule has 1 saturated heterocycles. The van der Waals surface area contributed by atoms with E-state index in [1.165, 1.54) is 6.08 Å². The van der Waals surface area contributed by atoms with E-state index in [0.29, 0.717) is 32.5 Å². The van der Waals surface area contributed by atoms with Gasteiger partial charge in [-0.05, 0) is 37.1 Å². The van der Waals surface area contributed by atoms with Crippen LogP contribution >= 0.6 is 0 Å². The molecule has 128 valence electrons. The van der Waals surface area contributed by atoms with Crippen molar-refractivity contribution in [2.75, 3.05) is 26.4 Å². The van der Waals surface area contributed by atoms with Gasteiger partial charge in [0.25, 0.3) is 0 Å². The van der Waals surface area contributed by atoms with Crippen molar-refractivity contribution >= 4 is 11.8 Å². The first kappa shape index (κ1) is 16.4. The van der Waals surface area contributed by atoms with Crippen LogP contribution in [0.2, 0.25) is 0 Å². The van der Waals surface area contributed by atoms with Gasteiger partial charge in [0.1, 0.15) is 0 Å². The fourth-order valence-electron chi connectivity index (χ4n) is 3.15. The quantitative estimate of drug-likeness (QED) is 0.787. The summed E-state index contributed by atoms with van der Waals surface area (Å²) in [5.41, 5.74) is 1.06. The van der Waals surface area contributed by atoms with Gasteiger partial charge in [0.2, 0.25) is 18.6 Å². The van der Waals surface area contributed by atoms with Crippen molar-refractivity contribution in [1.82, 2.24) is 9.80 Å². The smallest absolute Gasteiger partial charge is 0.246 e. The number of carbonyl (C=O) groups excluding carboxylic acids is 2. The molecule has 2 aliphatic rings. The van der Waals surface area contributed by atoms with Crippen molar-refractivity contribution in [1.29, 1.82) is 0 Å². The number of amides is 2. The molecule has 0 unspecified atom stereocenters. The molecule has 1 aromatic carbocycles. The van der Waals surface area contributed by atoms with Crippen molar-refractivity contribution < 1.29 is 19.1 Å². The number of ether oxygens (including phenoxy) is 2. The first-order valence-electron chi connectivity index (χ1n) is 8.18. The number of piperazine rings is 1. The highest BCUT2D eigenvalue weighted by Gasteiger charge is 2.28. The van der Waals surface area contributed by atoms with Gasteiger partial charge >= 0.3 is 0 Å². The molecular weight excluding hydrogens is 308 g/mol. The van der Waals surface area contributed by atoms with Crippen LogP contribution in [0.4, 0.5) is 0 Å². The number of hydrogen-bond acceptors (Lipinski definition) is 4. The lowest BCUT2D eigenvalue weighted by Gasteiger charge is -2.39. The average molecular weight is 330 g/mol. The maximum atomic E-state index is 12.5. The maximum absolute atomic E-state index is 12.5. The van der Waals surface area contributed by atoms with Crippen molar-refractivity contribution in [2.45, 2.75) is 25.8 Å². The highest BCUT2D eigenvalue weighted by molar-refractivity contribution is 5.87. The second-order valence-electron chi connectivity index (χ2n) is 6.11. The minimum absolute atomic E-state index is 0.0203. The van der Waals surface area contributed by atoms with E-state index in [1.807, 2.05) is 30.0 Å². The summed E-state index contributed by atoms with van der Waals surface area (Å²) in [6.07, 6.45) is 2.43. The van der Waals surface area contributed by atoms with Crippen LogP contribution in [-0.2, 0) is 16.0 Å². The maximum Gasteiger partial charge on any atom is 0.246 e. The molecule has 1 fully saturated rings. The molecule has 0 bridgehead atoms. The topological polar surface area (TPSA) is 59.1 Å². The van der Waals surface area contributed by atoms with E-state index >= 15 is 0 Å². The summed E-state index contributed by atoms with van der Waals surface area (Å²) in [5.74, 6) is 1.53. The van der Waals surface area contributed by atoms with Gasteiger partial charge in [-0.3, -0.25) is 9.59 Å². The van der Waals surface area contributed by atoms with Crippen LogP contribution < -0.4 is 9.47 Å². The molecule has 2 heterocycles. The van der Waals surface area contributed by atoms with Gasteiger partial charge in [0.15, 0.2) is 11.5 Å². The molecule has 0 aliphatic carbocycles. The molecule has 0 spiro atoms. The predicted molar refractivity (Wildman–Crippen MR) is 88.8 cm³/mol. The minimum Gasteiger partial charge on any atom is -0.454 e. The lowest BCUT2D eigenvalue weighted by molar-refractivity contribution is -0.140. The summed E-state index contributed by atoms with van der Waals surface area (Å²) >= 11 is 0. The molecule has 24 heavy (non-hydrogen) atoms. The zero-order valence-corrected chi connectivity index (χ0v) is 13.9. The Labute approximate surface area is 141 Å². The second-order valence-corrected chi connectivity index (χ2v) is 6.11. The molecule has 6 heteroatoms. The van der Waals surface area contributed by atoms with Crippen molar-refractivity contribution in [3.63, 3.8) is 0 Å². The predicted octanol–water partition coefficient (Wildman–Crippen LogP) is 1.59. The van der Waals surface area contributed by atoms with Gasteiger partial charge in [0.05, 0.1) is 0 Å². The summed E-state index contributed by atoms with van der Waals surface area (Å²) in [5, 5.41) is 0. The number of hydrogen-bond donors (Lipinski definition) is 0. The monoisotopic (exact) mass is 330 g/mol. The Balaban J connectivity index is 1.54. The highest BCUT2D eigenvalue weighted by atomic mass is 16.7. The molecule has 0 saturated carbocycles. The van der Waals surface area contributed by atoms with Crippen LogP contribution in [0.15, 0.2) is 30.9 Å². The summed E-state index contributed by atoms with van der Waals surface area (Å²) in [7, 11) is 0. The number of aryl methyl sites for hydroxylation is 1. The van der Waals surface area contributed by atoms with Crippen LogP contribution in [0.1, 0.15) is 18.9 Å². The Morgan fingerprint density at radius 1 is 1.29 bits per heavy atom. The zero-order chi connectivity index (χ0) is 17.1. The lowest BCUT2D eigenvalue weighted by Crippen LogP contribution is -2.55. The Kier molecular flexibility index (Phi) is 4.74. The van der Waals surface area contributed by atoms with E-state index in [4.69, 9.17) is 9.47 Å². The Bertz CT molecular complexity index is 658. The fourth-order valence-corrected chi connectivity index (χ4v) is 3.15. The number of benzene rings is 1. The summed E-state index contributed by atoms with van der Waals surface area (Å²) in [4.78, 5) is 27.8. The summed E-state index contributed by atoms with van der Waals surface area (Å²) in [6, 6.07) is 5.79. The van der Waals surface area contributed by atoms with Crippen molar-refractivity contribution in [3.8, 4) is 11.5 Å². The fraction of sp³-hybridized carbons (Fsp3) is 0.444. The highest BCUT2D eigenvalue weighted by Crippen LogP contribution is 2.32. The SMILES string of the molecule is C=CC(=O)N1CCN(C(=O)CCc2ccc3c(c2)OCO3)[C@@H](C)C1. The Morgan fingerprint density at radius 2 is 2.08 bits per heavy atom. The number of nitrogens with zero attached hydrogens (tertiary/aromatic N) is 2. The van der Waals surface area contributed by atoms with Gasteiger partial charge in [0, 0.05) is 32.1 Å². The molecule has 2 amide bonds. The van der Waals surface area contributed by atoms with E-state index in [9.17, 15) is 9.59 Å². The lowest BCUT2D eigenvalue weighted by atomic mass is 10.1. The summed E-state index contributed by atoms with van der Waals surface area (Å²) < 4.78 is 10.7. The number of rotatable bonds is 4. The van der Waals surface area contributed by atoms with Gasteiger partial charge in [-0.15, -0.1) is 0 Å². The van der Waals surface area contributed by atoms with Gasteiger partial charge in [-0.1, -0.05) is 12.6 Å². The van der Waals surface area contributed by atoms with Crippen molar-refractivity contribution in [3.05, 3.63) is 36.4 Å². The van der Waals surface area contributed by atoms with E-state index in [0.717, 1.165) is 17.1 Å². The molecule has 0 N–H and O–H groups in total. The third-order valence-electron chi connectivity index (χ3n) is 4.50. The second kappa shape index (κ2) is 6.95. The summed E-state index contributed by atoms with van der Waals surface area (Å²) in [6.45, 7) is 7.42. The Morgan fingerprint density at radius 3 is 2.83 bits per heavy atom. The zero-order valence-electron chi connectivity index (χ0n) is 13.9. The third kappa shape index (κ3) is 3.37. The normalized spacial score (nSPS) is 19.3. The number of carbonyl (C=O) groups is 2. The molecule has 1 aromatic rings. The van der Waals surface area contributed by atoms with E-state index in [2.05, 4.69) is 6.58 Å². The van der Waals surface area contributed by atoms with Crippen LogP contribution in [-0.4, -0.2) is 54.1 Å². The largest absolute Gasteiger partial charge is 0.454 e.